The van der Waals surface area contributed by atoms with E-state index in [0.717, 1.165) is 54.0 Å². The van der Waals surface area contributed by atoms with Crippen LogP contribution in [0.4, 0.5) is 26.2 Å². The van der Waals surface area contributed by atoms with Crippen molar-refractivity contribution >= 4 is 17.5 Å². The zero-order valence-corrected chi connectivity index (χ0v) is 22.4. The lowest BCUT2D eigenvalue weighted by atomic mass is 9.84. The summed E-state index contributed by atoms with van der Waals surface area (Å²) < 4.78 is 36.6. The fourth-order valence-corrected chi connectivity index (χ4v) is 5.58. The molecule has 2 aromatic heterocycles. The maximum Gasteiger partial charge on any atom is 0.383 e. The largest absolute Gasteiger partial charge is 0.488 e. The summed E-state index contributed by atoms with van der Waals surface area (Å²) >= 11 is 0. The minimum Gasteiger partial charge on any atom is -0.488 e. The molecule has 0 saturated carbocycles. The summed E-state index contributed by atoms with van der Waals surface area (Å²) in [5, 5.41) is 23.0. The first-order valence-corrected chi connectivity index (χ1v) is 13.0. The van der Waals surface area contributed by atoms with Crippen molar-refractivity contribution in [1.82, 2.24) is 34.7 Å². The van der Waals surface area contributed by atoms with E-state index >= 15 is 4.39 Å². The first-order valence-electron chi connectivity index (χ1n) is 13.0. The lowest BCUT2D eigenvalue weighted by Gasteiger charge is -2.47. The number of aliphatic hydroxyl groups is 1. The van der Waals surface area contributed by atoms with E-state index in [1.807, 2.05) is 0 Å². The zero-order valence-electron chi connectivity index (χ0n) is 22.4. The molecule has 5 rings (SSSR count). The van der Waals surface area contributed by atoms with Gasteiger partial charge in [-0.25, -0.2) is 23.2 Å². The van der Waals surface area contributed by atoms with Gasteiger partial charge in [-0.3, -0.25) is 4.90 Å². The van der Waals surface area contributed by atoms with Crippen LogP contribution in [-0.4, -0.2) is 76.6 Å². The molecular formula is C25H33F2N9O3. The Morgan fingerprint density at radius 3 is 2.79 bits per heavy atom. The fourth-order valence-electron chi connectivity index (χ4n) is 5.58. The van der Waals surface area contributed by atoms with Crippen LogP contribution in [-0.2, 0) is 7.05 Å². The summed E-state index contributed by atoms with van der Waals surface area (Å²) in [6, 6.07) is 2.91. The molecule has 39 heavy (non-hydrogen) atoms. The molecule has 0 amide bonds. The topological polar surface area (TPSA) is 135 Å². The second-order valence-corrected chi connectivity index (χ2v) is 10.8. The molecule has 0 bridgehead atoms. The Labute approximate surface area is 224 Å². The van der Waals surface area contributed by atoms with Crippen molar-refractivity contribution in [2.45, 2.75) is 70.2 Å². The number of rotatable bonds is 8. The van der Waals surface area contributed by atoms with E-state index in [9.17, 15) is 14.3 Å². The van der Waals surface area contributed by atoms with Crippen LogP contribution < -0.4 is 21.1 Å². The van der Waals surface area contributed by atoms with Crippen LogP contribution in [0.1, 0.15) is 46.5 Å². The Morgan fingerprint density at radius 1 is 1.28 bits per heavy atom. The highest BCUT2D eigenvalue weighted by Gasteiger charge is 2.43. The number of aliphatic hydroxyl groups excluding tert-OH is 1. The fraction of sp³-hybridized carbons (Fsp3) is 0.560. The number of piperidine rings is 1. The first-order chi connectivity index (χ1) is 18.5. The summed E-state index contributed by atoms with van der Waals surface area (Å²) in [7, 11) is 1.44. The zero-order chi connectivity index (χ0) is 27.9. The van der Waals surface area contributed by atoms with E-state index in [1.165, 1.54) is 20.0 Å². The predicted octanol–water partition coefficient (Wildman–Crippen LogP) is 2.35. The van der Waals surface area contributed by atoms with Crippen LogP contribution in [0.5, 0.6) is 5.75 Å². The third kappa shape index (κ3) is 5.57. The number of anilines is 3. The quantitative estimate of drug-likeness (QED) is 0.387. The van der Waals surface area contributed by atoms with E-state index in [-0.39, 0.29) is 47.1 Å². The van der Waals surface area contributed by atoms with Gasteiger partial charge in [0.1, 0.15) is 18.0 Å². The van der Waals surface area contributed by atoms with Gasteiger partial charge in [-0.05, 0) is 64.3 Å². The first kappa shape index (κ1) is 26.9. The SMILES string of the molecule is CC(O)COc1cc(F)c(Nc2ncc(F)c(N[C@@H]3C[C@@H]4CCCN4C(C)(C)C3)n2)cc1-n1nnc(=O)n1C. The molecule has 2 aliphatic rings. The van der Waals surface area contributed by atoms with Gasteiger partial charge in [-0.1, -0.05) is 5.10 Å². The molecule has 0 aliphatic carbocycles. The molecule has 1 aromatic carbocycles. The monoisotopic (exact) mass is 545 g/mol. The van der Waals surface area contributed by atoms with E-state index in [2.05, 4.69) is 49.7 Å². The Balaban J connectivity index is 1.41. The summed E-state index contributed by atoms with van der Waals surface area (Å²) in [6.45, 7) is 6.91. The van der Waals surface area contributed by atoms with Gasteiger partial charge in [0.15, 0.2) is 17.5 Å². The van der Waals surface area contributed by atoms with Crippen LogP contribution in [0.15, 0.2) is 23.1 Å². The number of aromatic nitrogens is 6. The molecule has 2 aliphatic heterocycles. The molecule has 1 unspecified atom stereocenters. The smallest absolute Gasteiger partial charge is 0.383 e. The van der Waals surface area contributed by atoms with Crippen LogP contribution in [0, 0.1) is 11.6 Å². The van der Waals surface area contributed by atoms with Gasteiger partial charge in [0.05, 0.1) is 18.0 Å². The van der Waals surface area contributed by atoms with Crippen molar-refractivity contribution in [2.24, 2.45) is 7.05 Å². The van der Waals surface area contributed by atoms with Crippen molar-refractivity contribution in [2.75, 3.05) is 23.8 Å². The minimum atomic E-state index is -0.816. The Kier molecular flexibility index (Phi) is 7.25. The third-order valence-corrected chi connectivity index (χ3v) is 7.31. The highest BCUT2D eigenvalue weighted by molar-refractivity contribution is 5.63. The van der Waals surface area contributed by atoms with Crippen molar-refractivity contribution < 1.29 is 18.6 Å². The molecule has 14 heteroatoms. The lowest BCUT2D eigenvalue weighted by molar-refractivity contribution is 0.0500. The van der Waals surface area contributed by atoms with Gasteiger partial charge in [0.25, 0.3) is 0 Å². The number of ether oxygens (including phenoxy) is 1. The normalized spacial score (nSPS) is 21.4. The van der Waals surface area contributed by atoms with Gasteiger partial charge < -0.3 is 20.5 Å². The van der Waals surface area contributed by atoms with Crippen LogP contribution in [0.2, 0.25) is 0 Å². The third-order valence-electron chi connectivity index (χ3n) is 7.31. The van der Waals surface area contributed by atoms with Crippen LogP contribution in [0.25, 0.3) is 5.69 Å². The molecule has 0 spiro atoms. The number of fused-ring (bicyclic) bond motifs is 1. The highest BCUT2D eigenvalue weighted by Crippen LogP contribution is 2.38. The standard InChI is InChI=1S/C25H33F2N9O3/c1-14(37)13-39-21-9-17(26)19(10-20(21)36-33-32-24(38)34(36)4)30-23-28-12-18(27)22(31-23)29-15-8-16-6-5-7-35(16)25(2,3)11-15/h9-10,12,14-16,37H,5-8,11,13H2,1-4H3,(H2,28,29,30,31)/t14?,15-,16+/m1/s1. The molecule has 0 radical (unpaired) electrons. The van der Waals surface area contributed by atoms with E-state index in [1.54, 1.807) is 0 Å². The minimum absolute atomic E-state index is 0.0136. The van der Waals surface area contributed by atoms with Gasteiger partial charge in [0.2, 0.25) is 5.95 Å². The Morgan fingerprint density at radius 2 is 2.08 bits per heavy atom. The summed E-state index contributed by atoms with van der Waals surface area (Å²) in [6.07, 6.45) is 4.22. The second kappa shape index (κ2) is 10.5. The van der Waals surface area contributed by atoms with Gasteiger partial charge >= 0.3 is 5.69 Å². The second-order valence-electron chi connectivity index (χ2n) is 10.8. The van der Waals surface area contributed by atoms with Gasteiger partial charge in [-0.15, -0.1) is 4.80 Å². The average molecular weight is 546 g/mol. The lowest BCUT2D eigenvalue weighted by Crippen LogP contribution is -2.55. The highest BCUT2D eigenvalue weighted by atomic mass is 19.1. The average Bonchev–Trinajstić information content (AvgIpc) is 3.48. The number of nitrogens with zero attached hydrogens (tertiary/aromatic N) is 7. The van der Waals surface area contributed by atoms with Crippen LogP contribution >= 0.6 is 0 Å². The van der Waals surface area contributed by atoms with E-state index < -0.39 is 23.4 Å². The molecule has 12 nitrogen and oxygen atoms in total. The number of hydrogen-bond donors (Lipinski definition) is 3. The van der Waals surface area contributed by atoms with Gasteiger partial charge in [-0.2, -0.15) is 4.98 Å². The van der Waals surface area contributed by atoms with Gasteiger partial charge in [0, 0.05) is 30.7 Å². The molecule has 3 N–H and O–H groups in total. The molecule has 4 heterocycles. The van der Waals surface area contributed by atoms with Crippen molar-refractivity contribution in [3.63, 3.8) is 0 Å². The number of hydrogen-bond acceptors (Lipinski definition) is 10. The summed E-state index contributed by atoms with van der Waals surface area (Å²) in [5.41, 5.74) is -0.516. The molecule has 2 fully saturated rings. The molecule has 3 atom stereocenters. The number of halogens is 2. The molecule has 3 aromatic rings. The number of tetrazole rings is 1. The number of nitrogens with one attached hydrogen (secondary N) is 2. The maximum absolute atomic E-state index is 15.2. The van der Waals surface area contributed by atoms with Crippen molar-refractivity contribution in [3.05, 3.63) is 40.4 Å². The Hall–Kier alpha value is -3.65. The van der Waals surface area contributed by atoms with E-state index in [0.29, 0.717) is 6.04 Å². The summed E-state index contributed by atoms with van der Waals surface area (Å²) in [5.74, 6) is -1.28. The molecule has 210 valence electrons. The van der Waals surface area contributed by atoms with Crippen LogP contribution in [0.3, 0.4) is 0 Å². The maximum atomic E-state index is 15.2. The summed E-state index contributed by atoms with van der Waals surface area (Å²) in [4.78, 5) is 23.9. The molecular weight excluding hydrogens is 512 g/mol. The van der Waals surface area contributed by atoms with E-state index in [4.69, 9.17) is 4.74 Å². The Bertz CT molecular complexity index is 1410. The predicted molar refractivity (Wildman–Crippen MR) is 139 cm³/mol. The molecule has 2 saturated heterocycles. The number of benzene rings is 1. The van der Waals surface area contributed by atoms with Crippen molar-refractivity contribution in [3.8, 4) is 11.4 Å². The van der Waals surface area contributed by atoms with Crippen molar-refractivity contribution in [1.29, 1.82) is 0 Å².